The standard InChI is InChI=1S/C10H9BrO4/c1-14-9-7(10(13)15-2)3-6(5-12)4-8(9)11/h3-5H,1-2H3. The molecule has 0 saturated heterocycles. The molecule has 0 amide bonds. The first kappa shape index (κ1) is 11.7. The third kappa shape index (κ3) is 2.36. The molecule has 0 aliphatic rings. The molecule has 15 heavy (non-hydrogen) atoms. The fraction of sp³-hybridized carbons (Fsp3) is 0.200. The van der Waals surface area contributed by atoms with Crippen LogP contribution in [0.5, 0.6) is 5.75 Å². The van der Waals surface area contributed by atoms with Gasteiger partial charge in [-0.15, -0.1) is 0 Å². The van der Waals surface area contributed by atoms with E-state index in [9.17, 15) is 9.59 Å². The van der Waals surface area contributed by atoms with Crippen LogP contribution in [0.25, 0.3) is 0 Å². The van der Waals surface area contributed by atoms with Crippen LogP contribution in [-0.2, 0) is 4.74 Å². The summed E-state index contributed by atoms with van der Waals surface area (Å²) >= 11 is 3.20. The second-order valence-electron chi connectivity index (χ2n) is 2.69. The van der Waals surface area contributed by atoms with E-state index in [-0.39, 0.29) is 5.56 Å². The number of hydrogen-bond acceptors (Lipinski definition) is 4. The lowest BCUT2D eigenvalue weighted by atomic mass is 10.1. The van der Waals surface area contributed by atoms with Gasteiger partial charge in [-0.05, 0) is 28.1 Å². The van der Waals surface area contributed by atoms with Gasteiger partial charge >= 0.3 is 5.97 Å². The van der Waals surface area contributed by atoms with Crippen molar-refractivity contribution in [1.29, 1.82) is 0 Å². The molecule has 0 spiro atoms. The molecule has 0 atom stereocenters. The van der Waals surface area contributed by atoms with E-state index in [0.717, 1.165) is 0 Å². The first-order chi connectivity index (χ1) is 7.13. The van der Waals surface area contributed by atoms with E-state index in [2.05, 4.69) is 20.7 Å². The lowest BCUT2D eigenvalue weighted by Gasteiger charge is -2.09. The zero-order valence-electron chi connectivity index (χ0n) is 8.24. The number of aldehydes is 1. The number of rotatable bonds is 3. The minimum atomic E-state index is -0.545. The Balaban J connectivity index is 3.38. The van der Waals surface area contributed by atoms with Gasteiger partial charge in [0, 0.05) is 5.56 Å². The molecule has 1 aromatic rings. The molecule has 0 aromatic heterocycles. The van der Waals surface area contributed by atoms with Crippen molar-refractivity contribution in [3.8, 4) is 5.75 Å². The van der Waals surface area contributed by atoms with E-state index in [4.69, 9.17) is 4.74 Å². The summed E-state index contributed by atoms with van der Waals surface area (Å²) in [5, 5.41) is 0. The van der Waals surface area contributed by atoms with E-state index >= 15 is 0 Å². The fourth-order valence-corrected chi connectivity index (χ4v) is 1.79. The van der Waals surface area contributed by atoms with Crippen molar-refractivity contribution in [2.45, 2.75) is 0 Å². The smallest absolute Gasteiger partial charge is 0.341 e. The Morgan fingerprint density at radius 3 is 2.53 bits per heavy atom. The van der Waals surface area contributed by atoms with Crippen LogP contribution in [0, 0.1) is 0 Å². The van der Waals surface area contributed by atoms with Crippen molar-refractivity contribution in [1.82, 2.24) is 0 Å². The summed E-state index contributed by atoms with van der Waals surface area (Å²) < 4.78 is 10.1. The summed E-state index contributed by atoms with van der Waals surface area (Å²) in [6.45, 7) is 0. The molecule has 0 aliphatic carbocycles. The average Bonchev–Trinajstić information content (AvgIpc) is 2.26. The summed E-state index contributed by atoms with van der Waals surface area (Å²) in [5.74, 6) is -0.191. The molecule has 4 nitrogen and oxygen atoms in total. The van der Waals surface area contributed by atoms with Crippen molar-refractivity contribution >= 4 is 28.2 Å². The molecule has 0 aliphatic heterocycles. The van der Waals surface area contributed by atoms with Crippen LogP contribution in [0.4, 0.5) is 0 Å². The predicted molar refractivity (Wildman–Crippen MR) is 57.4 cm³/mol. The molecule has 1 rings (SSSR count). The number of hydrogen-bond donors (Lipinski definition) is 0. The number of carbonyl (C=O) groups is 2. The quantitative estimate of drug-likeness (QED) is 0.624. The number of benzene rings is 1. The van der Waals surface area contributed by atoms with Crippen molar-refractivity contribution in [2.75, 3.05) is 14.2 Å². The van der Waals surface area contributed by atoms with Gasteiger partial charge in [0.2, 0.25) is 0 Å². The summed E-state index contributed by atoms with van der Waals surface area (Å²) in [5.41, 5.74) is 0.597. The number of carbonyl (C=O) groups excluding carboxylic acids is 2. The van der Waals surface area contributed by atoms with Gasteiger partial charge < -0.3 is 9.47 Å². The maximum absolute atomic E-state index is 11.4. The predicted octanol–water partition coefficient (Wildman–Crippen LogP) is 2.06. The highest BCUT2D eigenvalue weighted by Gasteiger charge is 2.16. The summed E-state index contributed by atoms with van der Waals surface area (Å²) in [7, 11) is 2.70. The van der Waals surface area contributed by atoms with Crippen LogP contribution in [-0.4, -0.2) is 26.5 Å². The number of methoxy groups -OCH3 is 2. The molecule has 0 fully saturated rings. The molecular weight excluding hydrogens is 264 g/mol. The monoisotopic (exact) mass is 272 g/mol. The minimum Gasteiger partial charge on any atom is -0.495 e. The Morgan fingerprint density at radius 1 is 1.40 bits per heavy atom. The van der Waals surface area contributed by atoms with Crippen LogP contribution in [0.15, 0.2) is 16.6 Å². The number of halogens is 1. The van der Waals surface area contributed by atoms with Crippen LogP contribution in [0.3, 0.4) is 0 Å². The Hall–Kier alpha value is -1.36. The minimum absolute atomic E-state index is 0.219. The van der Waals surface area contributed by atoms with Gasteiger partial charge in [0.1, 0.15) is 17.6 Å². The van der Waals surface area contributed by atoms with Crippen LogP contribution in [0.2, 0.25) is 0 Å². The normalized spacial score (nSPS) is 9.53. The maximum atomic E-state index is 11.4. The lowest BCUT2D eigenvalue weighted by molar-refractivity contribution is 0.0597. The molecule has 0 saturated carbocycles. The first-order valence-electron chi connectivity index (χ1n) is 4.05. The van der Waals surface area contributed by atoms with Gasteiger partial charge in [0.25, 0.3) is 0 Å². The zero-order valence-corrected chi connectivity index (χ0v) is 9.83. The molecule has 1 aromatic carbocycles. The molecule has 0 N–H and O–H groups in total. The number of esters is 1. The molecule has 0 unspecified atom stereocenters. The largest absolute Gasteiger partial charge is 0.495 e. The van der Waals surface area contributed by atoms with Crippen LogP contribution in [0.1, 0.15) is 20.7 Å². The van der Waals surface area contributed by atoms with E-state index < -0.39 is 5.97 Å². The third-order valence-corrected chi connectivity index (χ3v) is 2.40. The topological polar surface area (TPSA) is 52.6 Å². The highest BCUT2D eigenvalue weighted by Crippen LogP contribution is 2.30. The maximum Gasteiger partial charge on any atom is 0.341 e. The van der Waals surface area contributed by atoms with Gasteiger partial charge in [-0.25, -0.2) is 4.79 Å². The molecule has 0 heterocycles. The van der Waals surface area contributed by atoms with Crippen LogP contribution < -0.4 is 4.74 Å². The van der Waals surface area contributed by atoms with Crippen molar-refractivity contribution < 1.29 is 19.1 Å². The van der Waals surface area contributed by atoms with E-state index in [1.807, 2.05) is 0 Å². The highest BCUT2D eigenvalue weighted by atomic mass is 79.9. The van der Waals surface area contributed by atoms with Crippen molar-refractivity contribution in [3.05, 3.63) is 27.7 Å². The molecular formula is C10H9BrO4. The van der Waals surface area contributed by atoms with Gasteiger partial charge in [-0.2, -0.15) is 0 Å². The van der Waals surface area contributed by atoms with Gasteiger partial charge in [-0.3, -0.25) is 4.79 Å². The highest BCUT2D eigenvalue weighted by molar-refractivity contribution is 9.10. The van der Waals surface area contributed by atoms with E-state index in [0.29, 0.717) is 22.1 Å². The SMILES string of the molecule is COC(=O)c1cc(C=O)cc(Br)c1OC. The van der Waals surface area contributed by atoms with Gasteiger partial charge in [0.15, 0.2) is 0 Å². The average molecular weight is 273 g/mol. The Bertz CT molecular complexity index is 401. The number of ether oxygens (including phenoxy) is 2. The van der Waals surface area contributed by atoms with Gasteiger partial charge in [-0.1, -0.05) is 0 Å². The Labute approximate surface area is 95.3 Å². The molecule has 80 valence electrons. The van der Waals surface area contributed by atoms with Crippen molar-refractivity contribution in [2.24, 2.45) is 0 Å². The molecule has 0 bridgehead atoms. The second kappa shape index (κ2) is 4.93. The van der Waals surface area contributed by atoms with Crippen LogP contribution >= 0.6 is 15.9 Å². The van der Waals surface area contributed by atoms with Gasteiger partial charge in [0.05, 0.1) is 18.7 Å². The van der Waals surface area contributed by atoms with E-state index in [1.165, 1.54) is 20.3 Å². The van der Waals surface area contributed by atoms with Crippen molar-refractivity contribution in [3.63, 3.8) is 0 Å². The first-order valence-corrected chi connectivity index (χ1v) is 4.84. The third-order valence-electron chi connectivity index (χ3n) is 1.81. The summed E-state index contributed by atoms with van der Waals surface area (Å²) in [4.78, 5) is 22.0. The second-order valence-corrected chi connectivity index (χ2v) is 3.55. The summed E-state index contributed by atoms with van der Waals surface area (Å²) in [6.07, 6.45) is 0.649. The fourth-order valence-electron chi connectivity index (χ4n) is 1.15. The Morgan fingerprint density at radius 2 is 2.07 bits per heavy atom. The molecule has 5 heteroatoms. The molecule has 0 radical (unpaired) electrons. The zero-order chi connectivity index (χ0) is 11.4. The Kier molecular flexibility index (Phi) is 3.85. The lowest BCUT2D eigenvalue weighted by Crippen LogP contribution is -2.05. The van der Waals surface area contributed by atoms with E-state index in [1.54, 1.807) is 6.07 Å². The summed E-state index contributed by atoms with van der Waals surface area (Å²) in [6, 6.07) is 2.99.